The van der Waals surface area contributed by atoms with Crippen LogP contribution < -0.4 is 0 Å². The highest BCUT2D eigenvalue weighted by atomic mass is 14.5. The molecule has 0 unspecified atom stereocenters. The summed E-state index contributed by atoms with van der Waals surface area (Å²) in [6.45, 7) is 47.9. The molecule has 0 amide bonds. The highest BCUT2D eigenvalue weighted by molar-refractivity contribution is 5.95. The van der Waals surface area contributed by atoms with Crippen molar-refractivity contribution in [3.63, 3.8) is 0 Å². The van der Waals surface area contributed by atoms with Crippen LogP contribution in [-0.4, -0.2) is 0 Å². The molecule has 0 atom stereocenters. The lowest BCUT2D eigenvalue weighted by Gasteiger charge is -2.33. The smallest absolute Gasteiger partial charge is 0.0654 e. The van der Waals surface area contributed by atoms with E-state index in [4.69, 9.17) is 0 Å². The fourth-order valence-corrected chi connectivity index (χ4v) is 16.2. The largest absolute Gasteiger partial charge is 0.0725 e. The second kappa shape index (κ2) is 33.2. The topological polar surface area (TPSA) is 0 Å². The van der Waals surface area contributed by atoms with Gasteiger partial charge in [-0.3, -0.25) is 0 Å². The SMILES string of the molecule is CCCCCCc1cc(C)c(CCCCCC)cc1C.CCCCCCc1cc(CCCCCC)cc(C2(C)c3cc(C)c(C)cc3-c3cc(C)c(C)cc32)c1.Cc1ccc(C)cc1.Cc1ccc2c(c1)C1(c3cc(C)ccc3-2)c2cc(C(C)(C)C)ccc2-c2ccc(C(C)(C)C)cc21. The van der Waals surface area contributed by atoms with Gasteiger partial charge < -0.3 is 0 Å². The van der Waals surface area contributed by atoms with E-state index in [1.807, 2.05) is 0 Å². The van der Waals surface area contributed by atoms with Gasteiger partial charge in [0, 0.05) is 5.41 Å². The van der Waals surface area contributed by atoms with Crippen LogP contribution in [0.5, 0.6) is 0 Å². The van der Waals surface area contributed by atoms with E-state index in [0.29, 0.717) is 0 Å². The van der Waals surface area contributed by atoms with Crippen LogP contribution in [0.4, 0.5) is 0 Å². The summed E-state index contributed by atoms with van der Waals surface area (Å²) >= 11 is 0. The van der Waals surface area contributed by atoms with Crippen LogP contribution in [-0.2, 0) is 47.3 Å². The van der Waals surface area contributed by atoms with Crippen molar-refractivity contribution >= 4 is 0 Å². The van der Waals surface area contributed by atoms with E-state index in [2.05, 4.69) is 297 Å². The Labute approximate surface area is 604 Å². The van der Waals surface area contributed by atoms with E-state index < -0.39 is 0 Å². The molecule has 9 aromatic carbocycles. The first-order valence-electron chi connectivity index (χ1n) is 39.2. The average Bonchev–Trinajstić information content (AvgIpc) is 1.52. The molecule has 0 nitrogen and oxygen atoms in total. The number of unbranched alkanes of at least 4 members (excludes halogenated alkanes) is 12. The summed E-state index contributed by atoms with van der Waals surface area (Å²) in [6, 6.07) is 59.6. The van der Waals surface area contributed by atoms with Crippen molar-refractivity contribution in [1.29, 1.82) is 0 Å². The Morgan fingerprint density at radius 1 is 0.263 bits per heavy atom. The van der Waals surface area contributed by atoms with Gasteiger partial charge in [-0.15, -0.1) is 0 Å². The molecule has 0 saturated carbocycles. The molecule has 1 spiro atoms. The molecule has 0 aliphatic heterocycles. The summed E-state index contributed by atoms with van der Waals surface area (Å²) in [4.78, 5) is 0. The van der Waals surface area contributed by atoms with E-state index in [9.17, 15) is 0 Å². The van der Waals surface area contributed by atoms with Crippen LogP contribution in [0, 0.1) is 69.2 Å². The molecule has 0 N–H and O–H groups in total. The zero-order chi connectivity index (χ0) is 71.6. The summed E-state index contributed by atoms with van der Waals surface area (Å²) in [5, 5.41) is 0. The molecule has 524 valence electrons. The molecule has 3 aliphatic carbocycles. The summed E-state index contributed by atoms with van der Waals surface area (Å²) in [6.07, 6.45) is 26.4. The molecule has 0 saturated heterocycles. The highest BCUT2D eigenvalue weighted by Crippen LogP contribution is 2.64. The van der Waals surface area contributed by atoms with Crippen LogP contribution >= 0.6 is 0 Å². The second-order valence-corrected chi connectivity index (χ2v) is 33.1. The Morgan fingerprint density at radius 2 is 0.576 bits per heavy atom. The van der Waals surface area contributed by atoms with Crippen molar-refractivity contribution in [2.24, 2.45) is 0 Å². The zero-order valence-electron chi connectivity index (χ0n) is 66.1. The van der Waals surface area contributed by atoms with Gasteiger partial charge >= 0.3 is 0 Å². The maximum atomic E-state index is 2.56. The molecule has 99 heavy (non-hydrogen) atoms. The Kier molecular flexibility index (Phi) is 25.5. The lowest BCUT2D eigenvalue weighted by atomic mass is 9.68. The lowest BCUT2D eigenvalue weighted by Crippen LogP contribution is -2.27. The van der Waals surface area contributed by atoms with Gasteiger partial charge in [0.25, 0.3) is 0 Å². The Balaban J connectivity index is 0.000000170. The molecule has 0 heteroatoms. The van der Waals surface area contributed by atoms with Crippen LogP contribution in [0.15, 0.2) is 152 Å². The first kappa shape index (κ1) is 76.2. The Bertz CT molecular complexity index is 3950. The average molecular weight is 1320 g/mol. The third-order valence-electron chi connectivity index (χ3n) is 22.8. The molecule has 12 rings (SSSR count). The molecule has 0 aromatic heterocycles. The molecule has 0 heterocycles. The summed E-state index contributed by atoms with van der Waals surface area (Å²) in [5.41, 5.74) is 41.4. The van der Waals surface area contributed by atoms with Gasteiger partial charge in [-0.1, -0.05) is 320 Å². The fourth-order valence-electron chi connectivity index (χ4n) is 16.2. The Hall–Kier alpha value is -7.02. The van der Waals surface area contributed by atoms with Crippen molar-refractivity contribution in [1.82, 2.24) is 0 Å². The fraction of sp³-hybridized carbons (Fsp3) is 0.455. The van der Waals surface area contributed by atoms with Crippen LogP contribution in [0.2, 0.25) is 0 Å². The standard InChI is InChI=1S/C36H48.C35H36.C20H34.C8H10/c1-8-10-12-14-16-29-22-30(17-15-13-11-9-2)24-31(23-29)36(7)34-20-27(5)25(3)18-32(34)33-19-26(4)28(6)21-35(33)36;1-21-9-13-25-26-14-10-22(2)18-30(26)35(29(25)17-21)31-19-23(33(3,4)5)11-15-27(31)28-16-12-24(20-32(28)35)34(6,7)8;1-5-7-9-11-13-19-15-18(4)20(16-17(19)3)14-12-10-8-6-2;1-7-3-5-8(2)6-4-7/h18-24H,8-17H2,1-7H3;9-20H,1-8H3;15-16H,5-14H2,1-4H3;3-6H,1-2H3. The van der Waals surface area contributed by atoms with Crippen molar-refractivity contribution in [3.05, 3.63) is 280 Å². The van der Waals surface area contributed by atoms with E-state index >= 15 is 0 Å². The first-order valence-corrected chi connectivity index (χ1v) is 39.2. The zero-order valence-corrected chi connectivity index (χ0v) is 66.1. The Morgan fingerprint density at radius 3 is 0.919 bits per heavy atom. The predicted octanol–water partition coefficient (Wildman–Crippen LogP) is 28.6. The van der Waals surface area contributed by atoms with Crippen LogP contribution in [0.3, 0.4) is 0 Å². The monoisotopic (exact) mass is 1320 g/mol. The number of rotatable bonds is 21. The second-order valence-electron chi connectivity index (χ2n) is 33.1. The lowest BCUT2D eigenvalue weighted by molar-refractivity contribution is 0.586. The maximum Gasteiger partial charge on any atom is 0.0725 e. The number of benzene rings is 9. The normalized spacial score (nSPS) is 13.3. The number of fused-ring (bicyclic) bond motifs is 13. The van der Waals surface area contributed by atoms with E-state index in [-0.39, 0.29) is 21.7 Å². The molecule has 0 fully saturated rings. The van der Waals surface area contributed by atoms with Crippen LogP contribution in [0.1, 0.15) is 307 Å². The highest BCUT2D eigenvalue weighted by Gasteiger charge is 2.52. The third kappa shape index (κ3) is 17.1. The van der Waals surface area contributed by atoms with Crippen molar-refractivity contribution in [2.45, 2.75) is 295 Å². The molecule has 0 radical (unpaired) electrons. The molecule has 9 aromatic rings. The molecule has 0 bridgehead atoms. The first-order chi connectivity index (χ1) is 47.2. The van der Waals surface area contributed by atoms with Crippen LogP contribution in [0.25, 0.3) is 33.4 Å². The van der Waals surface area contributed by atoms with Crippen molar-refractivity contribution < 1.29 is 0 Å². The number of aryl methyl sites for hydroxylation is 14. The maximum absolute atomic E-state index is 2.56. The summed E-state index contributed by atoms with van der Waals surface area (Å²) in [5.74, 6) is 0. The van der Waals surface area contributed by atoms with Gasteiger partial charge in [-0.2, -0.15) is 0 Å². The number of hydrogen-bond donors (Lipinski definition) is 0. The van der Waals surface area contributed by atoms with Gasteiger partial charge in [0.05, 0.1) is 5.41 Å². The third-order valence-corrected chi connectivity index (χ3v) is 22.8. The molecular formula is C99H128. The van der Waals surface area contributed by atoms with Gasteiger partial charge in [0.2, 0.25) is 0 Å². The quantitative estimate of drug-likeness (QED) is 0.0629. The van der Waals surface area contributed by atoms with Gasteiger partial charge in [-0.25, -0.2) is 0 Å². The minimum absolute atomic E-state index is 0.0883. The predicted molar refractivity (Wildman–Crippen MR) is 436 cm³/mol. The van der Waals surface area contributed by atoms with E-state index in [1.165, 1.54) is 279 Å². The molecular weight excluding hydrogens is 1190 g/mol. The van der Waals surface area contributed by atoms with Gasteiger partial charge in [-0.05, 0) is 277 Å². The summed E-state index contributed by atoms with van der Waals surface area (Å²) in [7, 11) is 0. The molecule has 3 aliphatic rings. The van der Waals surface area contributed by atoms with Crippen molar-refractivity contribution in [2.75, 3.05) is 0 Å². The van der Waals surface area contributed by atoms with Crippen molar-refractivity contribution in [3.8, 4) is 33.4 Å². The minimum Gasteiger partial charge on any atom is -0.0654 e. The minimum atomic E-state index is -0.282. The van der Waals surface area contributed by atoms with Gasteiger partial charge in [0.15, 0.2) is 0 Å². The summed E-state index contributed by atoms with van der Waals surface area (Å²) < 4.78 is 0. The van der Waals surface area contributed by atoms with E-state index in [1.54, 1.807) is 11.1 Å². The number of hydrogen-bond acceptors (Lipinski definition) is 0. The van der Waals surface area contributed by atoms with Gasteiger partial charge in [0.1, 0.15) is 0 Å². The van der Waals surface area contributed by atoms with E-state index in [0.717, 1.165) is 0 Å².